The third-order valence-electron chi connectivity index (χ3n) is 4.79. The second-order valence-corrected chi connectivity index (χ2v) is 7.60. The van der Waals surface area contributed by atoms with Gasteiger partial charge >= 0.3 is 0 Å². The molecule has 0 aliphatic rings. The molecule has 2 aromatic heterocycles. The maximum Gasteiger partial charge on any atom is 0.262 e. The van der Waals surface area contributed by atoms with Crippen LogP contribution in [0.15, 0.2) is 72.6 Å². The number of ether oxygens (including phenoxy) is 1. The number of nitrogens with zero attached hydrogens (tertiary/aromatic N) is 3. The molecule has 0 atom stereocenters. The summed E-state index contributed by atoms with van der Waals surface area (Å²) in [6, 6.07) is 17.4. The summed E-state index contributed by atoms with van der Waals surface area (Å²) < 4.78 is 5.31. The van der Waals surface area contributed by atoms with E-state index in [2.05, 4.69) is 11.6 Å². The number of thiazole rings is 1. The van der Waals surface area contributed by atoms with Gasteiger partial charge in [0.2, 0.25) is 0 Å². The number of carbonyl (C=O) groups is 1. The van der Waals surface area contributed by atoms with Gasteiger partial charge in [-0.15, -0.1) is 17.9 Å². The molecule has 0 radical (unpaired) electrons. The van der Waals surface area contributed by atoms with Crippen molar-refractivity contribution in [3.05, 3.63) is 83.9 Å². The van der Waals surface area contributed by atoms with Gasteiger partial charge in [0, 0.05) is 22.9 Å². The van der Waals surface area contributed by atoms with Crippen LogP contribution in [0.5, 0.6) is 5.75 Å². The van der Waals surface area contributed by atoms with Crippen LogP contribution in [0.4, 0.5) is 5.13 Å². The second-order valence-electron chi connectivity index (χ2n) is 6.77. The average Bonchev–Trinajstić information content (AvgIpc) is 3.27. The highest BCUT2D eigenvalue weighted by Crippen LogP contribution is 2.29. The average molecular weight is 416 g/mol. The minimum Gasteiger partial charge on any atom is -0.497 e. The summed E-state index contributed by atoms with van der Waals surface area (Å²) in [4.78, 5) is 24.4. The van der Waals surface area contributed by atoms with E-state index in [-0.39, 0.29) is 5.91 Å². The number of hydrogen-bond acceptors (Lipinski definition) is 5. The molecule has 2 heterocycles. The highest BCUT2D eigenvalue weighted by Gasteiger charge is 2.22. The molecule has 5 nitrogen and oxygen atoms in total. The first-order valence-corrected chi connectivity index (χ1v) is 10.4. The summed E-state index contributed by atoms with van der Waals surface area (Å²) in [7, 11) is 1.62. The Hall–Kier alpha value is -3.51. The van der Waals surface area contributed by atoms with E-state index in [9.17, 15) is 4.79 Å². The molecule has 2 aromatic carbocycles. The number of benzene rings is 2. The zero-order valence-corrected chi connectivity index (χ0v) is 17.6. The van der Waals surface area contributed by atoms with Crippen LogP contribution in [0.1, 0.15) is 16.1 Å². The minimum absolute atomic E-state index is 0.154. The molecule has 0 unspecified atom stereocenters. The Morgan fingerprint density at radius 1 is 1.17 bits per heavy atom. The van der Waals surface area contributed by atoms with Crippen LogP contribution in [-0.2, 0) is 0 Å². The van der Waals surface area contributed by atoms with E-state index in [4.69, 9.17) is 9.72 Å². The molecule has 1 amide bonds. The van der Waals surface area contributed by atoms with Gasteiger partial charge in [0.15, 0.2) is 5.13 Å². The number of carbonyl (C=O) groups excluding carboxylic acids is 1. The Labute approximate surface area is 179 Å². The Morgan fingerprint density at radius 2 is 1.97 bits per heavy atom. The number of methoxy groups -OCH3 is 1. The number of pyridine rings is 1. The SMILES string of the molecule is C=CCN(C(=O)c1cc2cc(OC)ccc2nc1C)c1nc(-c2ccccc2)cs1. The molecule has 0 fully saturated rings. The molecule has 0 saturated carbocycles. The normalized spacial score (nSPS) is 10.7. The molecule has 4 aromatic rings. The van der Waals surface area contributed by atoms with Crippen LogP contribution in [0, 0.1) is 6.92 Å². The lowest BCUT2D eigenvalue weighted by molar-refractivity contribution is 0.0989. The van der Waals surface area contributed by atoms with E-state index in [1.807, 2.05) is 66.9 Å². The summed E-state index contributed by atoms with van der Waals surface area (Å²) in [5.41, 5.74) is 3.89. The van der Waals surface area contributed by atoms with Gasteiger partial charge in [-0.3, -0.25) is 14.7 Å². The summed E-state index contributed by atoms with van der Waals surface area (Å²) in [5.74, 6) is 0.570. The standard InChI is InChI=1S/C24H21N3O2S/c1-4-12-27(24-26-22(15-30-24)17-8-6-5-7-9-17)23(28)20-14-18-13-19(29-3)10-11-21(18)25-16(20)2/h4-11,13-15H,1,12H2,2-3H3. The lowest BCUT2D eigenvalue weighted by Crippen LogP contribution is -2.31. The van der Waals surface area contributed by atoms with Crippen LogP contribution in [0.2, 0.25) is 0 Å². The molecule has 0 aliphatic heterocycles. The molecular formula is C24H21N3O2S. The molecule has 0 saturated heterocycles. The highest BCUT2D eigenvalue weighted by atomic mass is 32.1. The lowest BCUT2D eigenvalue weighted by atomic mass is 10.1. The van der Waals surface area contributed by atoms with E-state index in [0.717, 1.165) is 27.9 Å². The molecule has 0 bridgehead atoms. The van der Waals surface area contributed by atoms with E-state index in [0.29, 0.717) is 22.9 Å². The number of aryl methyl sites for hydroxylation is 1. The number of aromatic nitrogens is 2. The van der Waals surface area contributed by atoms with Crippen molar-refractivity contribution in [1.29, 1.82) is 0 Å². The first kappa shape index (κ1) is 19.8. The van der Waals surface area contributed by atoms with Gasteiger partial charge in [-0.2, -0.15) is 0 Å². The Balaban J connectivity index is 1.73. The van der Waals surface area contributed by atoms with Crippen molar-refractivity contribution in [3.63, 3.8) is 0 Å². The van der Waals surface area contributed by atoms with E-state index < -0.39 is 0 Å². The smallest absolute Gasteiger partial charge is 0.262 e. The van der Waals surface area contributed by atoms with Crippen molar-refractivity contribution in [3.8, 4) is 17.0 Å². The highest BCUT2D eigenvalue weighted by molar-refractivity contribution is 7.14. The van der Waals surface area contributed by atoms with Gasteiger partial charge in [-0.05, 0) is 31.2 Å². The third-order valence-corrected chi connectivity index (χ3v) is 5.66. The first-order valence-electron chi connectivity index (χ1n) is 9.50. The van der Waals surface area contributed by atoms with Gasteiger partial charge in [0.1, 0.15) is 5.75 Å². The van der Waals surface area contributed by atoms with E-state index in [1.54, 1.807) is 18.1 Å². The van der Waals surface area contributed by atoms with Crippen LogP contribution < -0.4 is 9.64 Å². The monoisotopic (exact) mass is 415 g/mol. The summed E-state index contributed by atoms with van der Waals surface area (Å²) in [6.07, 6.45) is 1.70. The van der Waals surface area contributed by atoms with Crippen molar-refractivity contribution in [1.82, 2.24) is 9.97 Å². The van der Waals surface area contributed by atoms with Crippen LogP contribution >= 0.6 is 11.3 Å². The Kier molecular flexibility index (Phi) is 5.59. The first-order chi connectivity index (χ1) is 14.6. The molecule has 150 valence electrons. The van der Waals surface area contributed by atoms with Gasteiger partial charge in [-0.1, -0.05) is 36.4 Å². The largest absolute Gasteiger partial charge is 0.497 e. The van der Waals surface area contributed by atoms with Crippen LogP contribution in [-0.4, -0.2) is 29.5 Å². The van der Waals surface area contributed by atoms with Gasteiger partial charge in [0.25, 0.3) is 5.91 Å². The Morgan fingerprint density at radius 3 is 2.70 bits per heavy atom. The van der Waals surface area contributed by atoms with Crippen molar-refractivity contribution in [2.45, 2.75) is 6.92 Å². The zero-order valence-electron chi connectivity index (χ0n) is 16.8. The number of rotatable bonds is 6. The number of fused-ring (bicyclic) bond motifs is 1. The van der Waals surface area contributed by atoms with Gasteiger partial charge < -0.3 is 4.74 Å². The molecule has 4 rings (SSSR count). The minimum atomic E-state index is -0.154. The quantitative estimate of drug-likeness (QED) is 0.390. The number of amides is 1. The molecule has 0 spiro atoms. The topological polar surface area (TPSA) is 55.3 Å². The summed E-state index contributed by atoms with van der Waals surface area (Å²) in [6.45, 7) is 6.02. The fourth-order valence-electron chi connectivity index (χ4n) is 3.25. The number of anilines is 1. The molecule has 0 aliphatic carbocycles. The maximum absolute atomic E-state index is 13.5. The predicted octanol–water partition coefficient (Wildman–Crippen LogP) is 5.51. The van der Waals surface area contributed by atoms with Gasteiger partial charge in [0.05, 0.1) is 29.6 Å². The van der Waals surface area contributed by atoms with E-state index >= 15 is 0 Å². The maximum atomic E-state index is 13.5. The van der Waals surface area contributed by atoms with E-state index in [1.165, 1.54) is 11.3 Å². The fourth-order valence-corrected chi connectivity index (χ4v) is 4.09. The second kappa shape index (κ2) is 8.47. The fraction of sp³-hybridized carbons (Fsp3) is 0.125. The van der Waals surface area contributed by atoms with Crippen molar-refractivity contribution in [2.75, 3.05) is 18.6 Å². The number of hydrogen-bond donors (Lipinski definition) is 0. The molecular weight excluding hydrogens is 394 g/mol. The van der Waals surface area contributed by atoms with Crippen molar-refractivity contribution in [2.24, 2.45) is 0 Å². The summed E-state index contributed by atoms with van der Waals surface area (Å²) >= 11 is 1.44. The predicted molar refractivity (Wildman–Crippen MR) is 122 cm³/mol. The Bertz CT molecular complexity index is 1220. The third kappa shape index (κ3) is 3.82. The van der Waals surface area contributed by atoms with Crippen LogP contribution in [0.25, 0.3) is 22.2 Å². The van der Waals surface area contributed by atoms with Gasteiger partial charge in [-0.25, -0.2) is 4.98 Å². The van der Waals surface area contributed by atoms with Crippen molar-refractivity contribution >= 4 is 33.3 Å². The summed E-state index contributed by atoms with van der Waals surface area (Å²) in [5, 5.41) is 3.44. The molecule has 30 heavy (non-hydrogen) atoms. The zero-order chi connectivity index (χ0) is 21.1. The lowest BCUT2D eigenvalue weighted by Gasteiger charge is -2.19. The molecule has 6 heteroatoms. The van der Waals surface area contributed by atoms with Crippen molar-refractivity contribution < 1.29 is 9.53 Å². The molecule has 0 N–H and O–H groups in total. The van der Waals surface area contributed by atoms with Crippen LogP contribution in [0.3, 0.4) is 0 Å².